The Balaban J connectivity index is 2.66. The van der Waals surface area contributed by atoms with Gasteiger partial charge < -0.3 is 10.5 Å². The van der Waals surface area contributed by atoms with Crippen molar-refractivity contribution in [2.24, 2.45) is 10.8 Å². The summed E-state index contributed by atoms with van der Waals surface area (Å²) in [6, 6.07) is 7.39. The van der Waals surface area contributed by atoms with E-state index in [4.69, 9.17) is 15.9 Å². The first-order valence-corrected chi connectivity index (χ1v) is 3.99. The van der Waals surface area contributed by atoms with E-state index in [1.807, 2.05) is 24.3 Å². The maximum atomic E-state index is 6.87. The standard InChI is InChI=1S/C9H12N4O/c1-14-8-4-2-3-7(5-8)6-12-13-9(10)11/h2-6H,1H3,(H4,10,11,13). The number of nitrogens with zero attached hydrogens (tertiary/aromatic N) is 1. The van der Waals surface area contributed by atoms with Crippen LogP contribution in [0.25, 0.3) is 0 Å². The molecule has 0 radical (unpaired) electrons. The number of nitrogens with two attached hydrogens (primary N) is 1. The van der Waals surface area contributed by atoms with E-state index in [0.29, 0.717) is 0 Å². The van der Waals surface area contributed by atoms with Crippen LogP contribution < -0.4 is 15.9 Å². The summed E-state index contributed by atoms with van der Waals surface area (Å²) in [7, 11) is 1.60. The molecule has 0 aromatic heterocycles. The number of benzene rings is 1. The molecule has 5 heteroatoms. The molecule has 0 aliphatic rings. The van der Waals surface area contributed by atoms with E-state index < -0.39 is 0 Å². The minimum absolute atomic E-state index is 0.191. The SMILES string of the molecule is COc1cccc(C=NNC(=N)N)c1. The average molecular weight is 192 g/mol. The van der Waals surface area contributed by atoms with Crippen LogP contribution in [0.3, 0.4) is 0 Å². The first-order valence-electron chi connectivity index (χ1n) is 3.99. The maximum Gasteiger partial charge on any atom is 0.206 e. The molecule has 0 amide bonds. The number of rotatable bonds is 3. The molecule has 0 bridgehead atoms. The number of ether oxygens (including phenoxy) is 1. The molecular weight excluding hydrogens is 180 g/mol. The van der Waals surface area contributed by atoms with Crippen molar-refractivity contribution < 1.29 is 4.74 Å². The largest absolute Gasteiger partial charge is 0.497 e. The highest BCUT2D eigenvalue weighted by molar-refractivity contribution is 5.82. The summed E-state index contributed by atoms with van der Waals surface area (Å²) in [5.74, 6) is 0.570. The van der Waals surface area contributed by atoms with Gasteiger partial charge in [0.05, 0.1) is 13.3 Å². The second-order valence-electron chi connectivity index (χ2n) is 2.56. The van der Waals surface area contributed by atoms with E-state index in [-0.39, 0.29) is 5.96 Å². The lowest BCUT2D eigenvalue weighted by Gasteiger charge is -1.99. The van der Waals surface area contributed by atoms with Crippen LogP contribution in [-0.2, 0) is 0 Å². The molecule has 0 fully saturated rings. The summed E-state index contributed by atoms with van der Waals surface area (Å²) < 4.78 is 5.03. The lowest BCUT2D eigenvalue weighted by Crippen LogP contribution is -2.25. The van der Waals surface area contributed by atoms with E-state index in [0.717, 1.165) is 11.3 Å². The number of guanidine groups is 1. The Morgan fingerprint density at radius 3 is 3.07 bits per heavy atom. The molecule has 5 nitrogen and oxygen atoms in total. The lowest BCUT2D eigenvalue weighted by molar-refractivity contribution is 0.415. The summed E-state index contributed by atoms with van der Waals surface area (Å²) in [5.41, 5.74) is 8.24. The summed E-state index contributed by atoms with van der Waals surface area (Å²) in [6.07, 6.45) is 1.56. The van der Waals surface area contributed by atoms with E-state index in [2.05, 4.69) is 10.5 Å². The molecule has 74 valence electrons. The molecule has 0 spiro atoms. The maximum absolute atomic E-state index is 6.87. The Bertz CT molecular complexity index is 348. The molecule has 0 saturated carbocycles. The molecule has 1 rings (SSSR count). The molecule has 0 heterocycles. The summed E-state index contributed by atoms with van der Waals surface area (Å²) in [4.78, 5) is 0. The summed E-state index contributed by atoms with van der Waals surface area (Å²) >= 11 is 0. The Morgan fingerprint density at radius 2 is 2.43 bits per heavy atom. The van der Waals surface area contributed by atoms with Crippen molar-refractivity contribution in [3.05, 3.63) is 29.8 Å². The van der Waals surface area contributed by atoms with Crippen molar-refractivity contribution in [2.75, 3.05) is 7.11 Å². The van der Waals surface area contributed by atoms with Gasteiger partial charge in [-0.2, -0.15) is 5.10 Å². The highest BCUT2D eigenvalue weighted by atomic mass is 16.5. The van der Waals surface area contributed by atoms with Gasteiger partial charge >= 0.3 is 0 Å². The van der Waals surface area contributed by atoms with Gasteiger partial charge in [-0.25, -0.2) is 5.43 Å². The van der Waals surface area contributed by atoms with Crippen molar-refractivity contribution in [3.63, 3.8) is 0 Å². The van der Waals surface area contributed by atoms with Gasteiger partial charge in [0.2, 0.25) is 5.96 Å². The number of methoxy groups -OCH3 is 1. The van der Waals surface area contributed by atoms with Crippen LogP contribution >= 0.6 is 0 Å². The molecule has 0 aliphatic carbocycles. The number of hydrazone groups is 1. The smallest absolute Gasteiger partial charge is 0.206 e. The molecule has 0 atom stereocenters. The van der Waals surface area contributed by atoms with Gasteiger partial charge in [0, 0.05) is 0 Å². The normalized spacial score (nSPS) is 10.1. The molecule has 0 aliphatic heterocycles. The van der Waals surface area contributed by atoms with E-state index in [9.17, 15) is 0 Å². The number of hydrogen-bond acceptors (Lipinski definition) is 3. The highest BCUT2D eigenvalue weighted by Crippen LogP contribution is 2.10. The van der Waals surface area contributed by atoms with Gasteiger partial charge in [-0.1, -0.05) is 12.1 Å². The highest BCUT2D eigenvalue weighted by Gasteiger charge is 1.91. The van der Waals surface area contributed by atoms with Crippen molar-refractivity contribution in [1.29, 1.82) is 5.41 Å². The van der Waals surface area contributed by atoms with Crippen LogP contribution in [0.5, 0.6) is 5.75 Å². The Hall–Kier alpha value is -2.04. The van der Waals surface area contributed by atoms with E-state index in [1.165, 1.54) is 0 Å². The average Bonchev–Trinajstić information content (AvgIpc) is 2.18. The van der Waals surface area contributed by atoms with Gasteiger partial charge in [-0.3, -0.25) is 5.41 Å². The lowest BCUT2D eigenvalue weighted by atomic mass is 10.2. The van der Waals surface area contributed by atoms with Gasteiger partial charge in [0.15, 0.2) is 0 Å². The second-order valence-corrected chi connectivity index (χ2v) is 2.56. The van der Waals surface area contributed by atoms with E-state index in [1.54, 1.807) is 13.3 Å². The quantitative estimate of drug-likeness (QED) is 0.370. The monoisotopic (exact) mass is 192 g/mol. The van der Waals surface area contributed by atoms with Crippen LogP contribution in [0.1, 0.15) is 5.56 Å². The molecule has 1 aromatic carbocycles. The third-order valence-electron chi connectivity index (χ3n) is 1.49. The van der Waals surface area contributed by atoms with Crippen molar-refractivity contribution >= 4 is 12.2 Å². The third kappa shape index (κ3) is 3.14. The van der Waals surface area contributed by atoms with Gasteiger partial charge in [0.25, 0.3) is 0 Å². The topological polar surface area (TPSA) is 83.5 Å². The van der Waals surface area contributed by atoms with Gasteiger partial charge in [-0.05, 0) is 17.7 Å². The van der Waals surface area contributed by atoms with E-state index >= 15 is 0 Å². The molecule has 4 N–H and O–H groups in total. The van der Waals surface area contributed by atoms with Gasteiger partial charge in [0.1, 0.15) is 5.75 Å². The summed E-state index contributed by atoms with van der Waals surface area (Å²) in [6.45, 7) is 0. The minimum atomic E-state index is -0.191. The zero-order valence-electron chi connectivity index (χ0n) is 7.82. The van der Waals surface area contributed by atoms with Crippen LogP contribution in [0.2, 0.25) is 0 Å². The van der Waals surface area contributed by atoms with Crippen LogP contribution in [0.4, 0.5) is 0 Å². The van der Waals surface area contributed by atoms with Gasteiger partial charge in [-0.15, -0.1) is 0 Å². The fourth-order valence-electron chi connectivity index (χ4n) is 0.898. The predicted molar refractivity (Wildman–Crippen MR) is 55.6 cm³/mol. The first kappa shape index (κ1) is 10.0. The Kier molecular flexibility index (Phi) is 3.49. The third-order valence-corrected chi connectivity index (χ3v) is 1.49. The molecule has 0 saturated heterocycles. The first-order chi connectivity index (χ1) is 6.72. The minimum Gasteiger partial charge on any atom is -0.497 e. The zero-order valence-corrected chi connectivity index (χ0v) is 7.82. The van der Waals surface area contributed by atoms with Crippen molar-refractivity contribution in [2.45, 2.75) is 0 Å². The number of hydrogen-bond donors (Lipinski definition) is 3. The Morgan fingerprint density at radius 1 is 1.64 bits per heavy atom. The predicted octanol–water partition coefficient (Wildman–Crippen LogP) is 0.512. The molecular formula is C9H12N4O. The fourth-order valence-corrected chi connectivity index (χ4v) is 0.898. The van der Waals surface area contributed by atoms with Crippen LogP contribution in [-0.4, -0.2) is 19.3 Å². The van der Waals surface area contributed by atoms with Crippen LogP contribution in [0.15, 0.2) is 29.4 Å². The fraction of sp³-hybridized carbons (Fsp3) is 0.111. The molecule has 0 unspecified atom stereocenters. The van der Waals surface area contributed by atoms with Crippen LogP contribution in [0, 0.1) is 5.41 Å². The second kappa shape index (κ2) is 4.86. The number of nitrogens with one attached hydrogen (secondary N) is 2. The van der Waals surface area contributed by atoms with Crippen molar-refractivity contribution in [3.8, 4) is 5.75 Å². The van der Waals surface area contributed by atoms with Crippen molar-refractivity contribution in [1.82, 2.24) is 5.43 Å². The zero-order chi connectivity index (χ0) is 10.4. The molecule has 14 heavy (non-hydrogen) atoms. The Labute approximate surface area is 82.1 Å². The summed E-state index contributed by atoms with van der Waals surface area (Å²) in [5, 5.41) is 10.6. The molecule has 1 aromatic rings.